The highest BCUT2D eigenvalue weighted by atomic mass is 79.9. The molecule has 2 aromatic rings. The molecule has 0 aliphatic carbocycles. The van der Waals surface area contributed by atoms with Gasteiger partial charge in [-0.2, -0.15) is 0 Å². The maximum Gasteiger partial charge on any atom is 0.135 e. The van der Waals surface area contributed by atoms with Gasteiger partial charge in [0.25, 0.3) is 0 Å². The topological polar surface area (TPSA) is 35.5 Å². The van der Waals surface area contributed by atoms with Crippen LogP contribution >= 0.6 is 38.9 Å². The van der Waals surface area contributed by atoms with Crippen LogP contribution in [0.4, 0.5) is 0 Å². The minimum atomic E-state index is 0.0436. The molecule has 1 aromatic heterocycles. The van der Waals surface area contributed by atoms with Gasteiger partial charge in [-0.3, -0.25) is 4.90 Å². The predicted molar refractivity (Wildman–Crippen MR) is 91.4 cm³/mol. The van der Waals surface area contributed by atoms with E-state index in [0.29, 0.717) is 9.50 Å². The lowest BCUT2D eigenvalue weighted by Gasteiger charge is -2.35. The molecule has 3 nitrogen and oxygen atoms in total. The van der Waals surface area contributed by atoms with Gasteiger partial charge in [0, 0.05) is 41.6 Å². The number of phenolic OH excluding ortho intramolecular Hbond substituents is 1. The van der Waals surface area contributed by atoms with Crippen LogP contribution < -0.4 is 5.32 Å². The third-order valence-electron chi connectivity index (χ3n) is 3.68. The van der Waals surface area contributed by atoms with E-state index in [0.717, 1.165) is 31.7 Å². The van der Waals surface area contributed by atoms with Crippen LogP contribution in [0.1, 0.15) is 16.5 Å². The molecule has 0 saturated carbocycles. The highest BCUT2D eigenvalue weighted by Gasteiger charge is 2.28. The zero-order valence-corrected chi connectivity index (χ0v) is 14.5. The van der Waals surface area contributed by atoms with Crippen molar-refractivity contribution in [3.63, 3.8) is 0 Å². The average Bonchev–Trinajstić information content (AvgIpc) is 2.99. The van der Waals surface area contributed by atoms with Gasteiger partial charge in [-0.25, -0.2) is 0 Å². The fraction of sp³-hybridized carbons (Fsp3) is 0.333. The van der Waals surface area contributed by atoms with Gasteiger partial charge >= 0.3 is 0 Å². The number of hydrogen-bond donors (Lipinski definition) is 2. The Balaban J connectivity index is 2.07. The summed E-state index contributed by atoms with van der Waals surface area (Å²) in [6.45, 7) is 3.83. The summed E-state index contributed by atoms with van der Waals surface area (Å²) in [4.78, 5) is 3.61. The Hall–Kier alpha value is -0.590. The summed E-state index contributed by atoms with van der Waals surface area (Å²) in [5.74, 6) is 0.274. The quantitative estimate of drug-likeness (QED) is 0.839. The molecule has 1 atom stereocenters. The van der Waals surface area contributed by atoms with Gasteiger partial charge in [-0.05, 0) is 39.5 Å². The van der Waals surface area contributed by atoms with Crippen LogP contribution in [0, 0.1) is 0 Å². The SMILES string of the molecule is Oc1c(Br)cc(Cl)cc1[C@H](c1cccs1)N1CCNCC1. The molecule has 1 fully saturated rings. The van der Waals surface area contributed by atoms with Gasteiger partial charge in [-0.1, -0.05) is 17.7 Å². The van der Waals surface area contributed by atoms with E-state index in [2.05, 4.69) is 37.6 Å². The summed E-state index contributed by atoms with van der Waals surface area (Å²) < 4.78 is 0.640. The molecule has 0 bridgehead atoms. The van der Waals surface area contributed by atoms with Crippen LogP contribution in [0.3, 0.4) is 0 Å². The summed E-state index contributed by atoms with van der Waals surface area (Å²) in [6, 6.07) is 7.80. The lowest BCUT2D eigenvalue weighted by atomic mass is 10.0. The van der Waals surface area contributed by atoms with Crippen molar-refractivity contribution in [2.24, 2.45) is 0 Å². The lowest BCUT2D eigenvalue weighted by molar-refractivity contribution is 0.198. The second-order valence-corrected chi connectivity index (χ2v) is 7.30. The largest absolute Gasteiger partial charge is 0.506 e. The smallest absolute Gasteiger partial charge is 0.135 e. The Bertz CT molecular complexity index is 614. The number of nitrogens with zero attached hydrogens (tertiary/aromatic N) is 1. The van der Waals surface area contributed by atoms with Gasteiger partial charge < -0.3 is 10.4 Å². The summed E-state index contributed by atoms with van der Waals surface area (Å²) in [5.41, 5.74) is 0.860. The van der Waals surface area contributed by atoms with E-state index in [1.165, 1.54) is 4.88 Å². The molecule has 3 rings (SSSR count). The third-order valence-corrected chi connectivity index (χ3v) is 5.43. The molecule has 2 N–H and O–H groups in total. The summed E-state index contributed by atoms with van der Waals surface area (Å²) >= 11 is 11.3. The van der Waals surface area contributed by atoms with Gasteiger partial charge in [0.15, 0.2) is 0 Å². The third kappa shape index (κ3) is 3.27. The number of thiophene rings is 1. The number of phenols is 1. The molecule has 2 heterocycles. The molecular formula is C15H16BrClN2OS. The van der Waals surface area contributed by atoms with Crippen molar-refractivity contribution >= 4 is 38.9 Å². The van der Waals surface area contributed by atoms with E-state index >= 15 is 0 Å². The Morgan fingerprint density at radius 3 is 2.76 bits per heavy atom. The van der Waals surface area contributed by atoms with Crippen LogP contribution in [0.25, 0.3) is 0 Å². The molecule has 0 amide bonds. The van der Waals surface area contributed by atoms with E-state index in [-0.39, 0.29) is 11.8 Å². The van der Waals surface area contributed by atoms with Gasteiger partial charge in [0.05, 0.1) is 10.5 Å². The molecule has 0 spiro atoms. The fourth-order valence-corrected chi connectivity index (χ4v) is 4.42. The van der Waals surface area contributed by atoms with Crippen LogP contribution in [-0.2, 0) is 0 Å². The second-order valence-electron chi connectivity index (χ2n) is 5.03. The second kappa shape index (κ2) is 6.67. The summed E-state index contributed by atoms with van der Waals surface area (Å²) in [6.07, 6.45) is 0. The first-order valence-electron chi connectivity index (χ1n) is 6.83. The van der Waals surface area contributed by atoms with Gasteiger partial charge in [0.1, 0.15) is 5.75 Å². The standard InChI is InChI=1S/C15H16BrClN2OS/c16-12-9-10(17)8-11(15(12)20)14(13-2-1-7-21-13)19-5-3-18-4-6-19/h1-2,7-9,14,18,20H,3-6H2/t14-/m1/s1. The van der Waals surface area contributed by atoms with Crippen LogP contribution in [0.15, 0.2) is 34.1 Å². The summed E-state index contributed by atoms with van der Waals surface area (Å²) in [7, 11) is 0. The first kappa shape index (κ1) is 15.3. The first-order chi connectivity index (χ1) is 10.2. The molecule has 1 aliphatic rings. The number of aromatic hydroxyl groups is 1. The van der Waals surface area contributed by atoms with Crippen molar-refractivity contribution in [2.45, 2.75) is 6.04 Å². The molecule has 6 heteroatoms. The molecule has 0 radical (unpaired) electrons. The predicted octanol–water partition coefficient (Wildman–Crippen LogP) is 3.86. The minimum Gasteiger partial charge on any atom is -0.506 e. The lowest BCUT2D eigenvalue weighted by Crippen LogP contribution is -2.45. The Morgan fingerprint density at radius 2 is 2.10 bits per heavy atom. The van der Waals surface area contributed by atoms with E-state index in [1.54, 1.807) is 17.4 Å². The Kier molecular flexibility index (Phi) is 4.86. The number of benzene rings is 1. The number of halogens is 2. The zero-order valence-electron chi connectivity index (χ0n) is 11.4. The maximum atomic E-state index is 10.5. The molecule has 1 saturated heterocycles. The van der Waals surface area contributed by atoms with Crippen molar-refractivity contribution in [3.05, 3.63) is 49.6 Å². The molecular weight excluding hydrogens is 372 g/mol. The van der Waals surface area contributed by atoms with Crippen molar-refractivity contribution in [1.29, 1.82) is 0 Å². The summed E-state index contributed by atoms with van der Waals surface area (Å²) in [5, 5.41) is 16.5. The number of piperazine rings is 1. The molecule has 1 aromatic carbocycles. The van der Waals surface area contributed by atoms with Crippen LogP contribution in [0.5, 0.6) is 5.75 Å². The highest BCUT2D eigenvalue weighted by Crippen LogP contribution is 2.41. The number of hydrogen-bond acceptors (Lipinski definition) is 4. The molecule has 21 heavy (non-hydrogen) atoms. The minimum absolute atomic E-state index is 0.0436. The normalized spacial score (nSPS) is 17.8. The fourth-order valence-electron chi connectivity index (χ4n) is 2.71. The van der Waals surface area contributed by atoms with Crippen molar-refractivity contribution < 1.29 is 5.11 Å². The zero-order chi connectivity index (χ0) is 14.8. The van der Waals surface area contributed by atoms with E-state index < -0.39 is 0 Å². The first-order valence-corrected chi connectivity index (χ1v) is 8.88. The van der Waals surface area contributed by atoms with Gasteiger partial charge in [0.2, 0.25) is 0 Å². The molecule has 1 aliphatic heterocycles. The maximum absolute atomic E-state index is 10.5. The number of rotatable bonds is 3. The Labute approximate surface area is 141 Å². The van der Waals surface area contributed by atoms with Crippen molar-refractivity contribution in [2.75, 3.05) is 26.2 Å². The molecule has 0 unspecified atom stereocenters. The van der Waals surface area contributed by atoms with Crippen molar-refractivity contribution in [3.8, 4) is 5.75 Å². The number of nitrogens with one attached hydrogen (secondary N) is 1. The van der Waals surface area contributed by atoms with Crippen molar-refractivity contribution in [1.82, 2.24) is 10.2 Å². The van der Waals surface area contributed by atoms with Gasteiger partial charge in [-0.15, -0.1) is 11.3 Å². The Morgan fingerprint density at radius 1 is 1.33 bits per heavy atom. The average molecular weight is 388 g/mol. The molecule has 112 valence electrons. The monoisotopic (exact) mass is 386 g/mol. The van der Waals surface area contributed by atoms with E-state index in [4.69, 9.17) is 11.6 Å². The van der Waals surface area contributed by atoms with E-state index in [9.17, 15) is 5.11 Å². The van der Waals surface area contributed by atoms with E-state index in [1.807, 2.05) is 12.1 Å². The van der Waals surface area contributed by atoms with Crippen LogP contribution in [0.2, 0.25) is 5.02 Å². The van der Waals surface area contributed by atoms with Crippen LogP contribution in [-0.4, -0.2) is 36.2 Å². The highest BCUT2D eigenvalue weighted by molar-refractivity contribution is 9.10.